The molecule has 196 valence electrons. The van der Waals surface area contributed by atoms with Gasteiger partial charge in [-0.3, -0.25) is 0 Å². The molecule has 6 heteroatoms. The maximum absolute atomic E-state index is 10.6. The molecule has 0 radical (unpaired) electrons. The topological polar surface area (TPSA) is 86.3 Å². The molecule has 0 saturated heterocycles. The zero-order valence-corrected chi connectivity index (χ0v) is 22.8. The number of halogens is 1. The van der Waals surface area contributed by atoms with Crippen LogP contribution in [-0.2, 0) is 4.74 Å². The van der Waals surface area contributed by atoms with Gasteiger partial charge in [0, 0.05) is 35.6 Å². The van der Waals surface area contributed by atoms with Crippen LogP contribution in [0.1, 0.15) is 71.1 Å². The fourth-order valence-electron chi connectivity index (χ4n) is 4.27. The molecule has 1 atom stereocenters. The van der Waals surface area contributed by atoms with Crippen molar-refractivity contribution < 1.29 is 14.6 Å². The Morgan fingerprint density at radius 1 is 1.16 bits per heavy atom. The van der Waals surface area contributed by atoms with E-state index in [1.165, 1.54) is 18.6 Å². The Morgan fingerprint density at radius 3 is 2.38 bits per heavy atom. The SMILES string of the molecule is C=C(C)C(=C\C#N)/C(C(=C\CCl)/C=C/C#N)=C(/CC(C)C)Oc1ccc(C(O)OC2CCCCC2)cc1. The highest BCUT2D eigenvalue weighted by molar-refractivity contribution is 6.19. The second-order valence-corrected chi connectivity index (χ2v) is 9.87. The number of allylic oxidation sites excluding steroid dienone is 9. The van der Waals surface area contributed by atoms with Gasteiger partial charge < -0.3 is 14.6 Å². The minimum absolute atomic E-state index is 0.0869. The van der Waals surface area contributed by atoms with Gasteiger partial charge in [0.1, 0.15) is 11.5 Å². The summed E-state index contributed by atoms with van der Waals surface area (Å²) in [6, 6.07) is 11.3. The standard InChI is InChI=1S/C31H37ClN2O3/c1-22(2)21-29(30(28(17-20-34)23(3)4)24(16-18-32)9-8-19-33)36-27-14-12-25(13-15-27)31(35)37-26-10-6-5-7-11-26/h8-9,12-17,22,26,31,35H,3,5-7,10-11,18,21H2,1-2,4H3/b9-8+,24-16-,28-17+,30-29-. The predicted octanol–water partition coefficient (Wildman–Crippen LogP) is 7.98. The first kappa shape index (κ1) is 30.1. The maximum atomic E-state index is 10.6. The number of alkyl halides is 1. The third kappa shape index (κ3) is 9.71. The number of aliphatic hydroxyl groups excluding tert-OH is 1. The van der Waals surface area contributed by atoms with Gasteiger partial charge >= 0.3 is 0 Å². The predicted molar refractivity (Wildman–Crippen MR) is 149 cm³/mol. The summed E-state index contributed by atoms with van der Waals surface area (Å²) >= 11 is 6.07. The highest BCUT2D eigenvalue weighted by atomic mass is 35.5. The molecule has 0 spiro atoms. The van der Waals surface area contributed by atoms with E-state index < -0.39 is 6.29 Å². The summed E-state index contributed by atoms with van der Waals surface area (Å²) in [4.78, 5) is 0. The molecule has 1 aliphatic carbocycles. The Kier molecular flexibility index (Phi) is 12.9. The van der Waals surface area contributed by atoms with Gasteiger partial charge in [-0.1, -0.05) is 57.9 Å². The average molecular weight is 521 g/mol. The van der Waals surface area contributed by atoms with Crippen molar-refractivity contribution >= 4 is 11.6 Å². The van der Waals surface area contributed by atoms with E-state index in [4.69, 9.17) is 26.3 Å². The largest absolute Gasteiger partial charge is 0.461 e. The highest BCUT2D eigenvalue weighted by Crippen LogP contribution is 2.34. The number of hydrogen-bond donors (Lipinski definition) is 1. The summed E-state index contributed by atoms with van der Waals surface area (Å²) < 4.78 is 12.3. The zero-order valence-electron chi connectivity index (χ0n) is 22.0. The fraction of sp³-hybridized carbons (Fsp3) is 0.419. The van der Waals surface area contributed by atoms with E-state index in [1.807, 2.05) is 13.0 Å². The first-order valence-corrected chi connectivity index (χ1v) is 13.3. The van der Waals surface area contributed by atoms with Crippen LogP contribution >= 0.6 is 11.6 Å². The monoisotopic (exact) mass is 520 g/mol. The van der Waals surface area contributed by atoms with Gasteiger partial charge in [0.25, 0.3) is 0 Å². The molecule has 1 saturated carbocycles. The number of benzene rings is 1. The third-order valence-electron chi connectivity index (χ3n) is 6.01. The highest BCUT2D eigenvalue weighted by Gasteiger charge is 2.21. The Bertz CT molecular complexity index is 1110. The second kappa shape index (κ2) is 15.9. The lowest BCUT2D eigenvalue weighted by Gasteiger charge is -2.25. The molecule has 0 bridgehead atoms. The van der Waals surface area contributed by atoms with Crippen LogP contribution in [0.5, 0.6) is 5.75 Å². The minimum atomic E-state index is -0.985. The van der Waals surface area contributed by atoms with Gasteiger partial charge in [0.05, 0.1) is 18.2 Å². The van der Waals surface area contributed by atoms with Gasteiger partial charge in [-0.15, -0.1) is 11.6 Å². The van der Waals surface area contributed by atoms with Crippen molar-refractivity contribution in [3.05, 3.63) is 88.8 Å². The van der Waals surface area contributed by atoms with Gasteiger partial charge in [-0.25, -0.2) is 0 Å². The van der Waals surface area contributed by atoms with E-state index in [2.05, 4.69) is 26.5 Å². The molecular formula is C31H37ClN2O3. The van der Waals surface area contributed by atoms with Crippen LogP contribution in [0, 0.1) is 28.6 Å². The first-order valence-electron chi connectivity index (χ1n) is 12.7. The molecular weight excluding hydrogens is 484 g/mol. The molecule has 0 aliphatic heterocycles. The lowest BCUT2D eigenvalue weighted by atomic mass is 9.89. The number of ether oxygens (including phenoxy) is 2. The molecule has 0 heterocycles. The Balaban J connectivity index is 2.49. The van der Waals surface area contributed by atoms with Crippen molar-refractivity contribution in [3.63, 3.8) is 0 Å². The van der Waals surface area contributed by atoms with E-state index in [0.29, 0.717) is 45.8 Å². The summed E-state index contributed by atoms with van der Waals surface area (Å²) in [5.41, 5.74) is 3.30. The molecule has 0 amide bonds. The average Bonchev–Trinajstić information content (AvgIpc) is 2.87. The number of nitrogens with zero attached hydrogens (tertiary/aromatic N) is 2. The molecule has 5 nitrogen and oxygen atoms in total. The van der Waals surface area contributed by atoms with Crippen LogP contribution in [-0.4, -0.2) is 17.1 Å². The second-order valence-electron chi connectivity index (χ2n) is 9.56. The molecule has 1 aromatic rings. The van der Waals surface area contributed by atoms with E-state index in [-0.39, 0.29) is 17.9 Å². The molecule has 1 unspecified atom stereocenters. The van der Waals surface area contributed by atoms with Crippen LogP contribution < -0.4 is 4.74 Å². The number of hydrogen-bond acceptors (Lipinski definition) is 5. The van der Waals surface area contributed by atoms with E-state index in [0.717, 1.165) is 25.7 Å². The molecule has 2 rings (SSSR count). The van der Waals surface area contributed by atoms with Gasteiger partial charge in [0.2, 0.25) is 0 Å². The normalized spacial score (nSPS) is 16.8. The molecule has 0 aromatic heterocycles. The third-order valence-corrected chi connectivity index (χ3v) is 6.17. The van der Waals surface area contributed by atoms with Crippen molar-refractivity contribution in [3.8, 4) is 17.9 Å². The fourth-order valence-corrected chi connectivity index (χ4v) is 4.44. The van der Waals surface area contributed by atoms with Crippen LogP contribution in [0.3, 0.4) is 0 Å². The summed E-state index contributed by atoms with van der Waals surface area (Å²) in [7, 11) is 0. The van der Waals surface area contributed by atoms with Gasteiger partial charge in [-0.05, 0) is 60.6 Å². The van der Waals surface area contributed by atoms with Crippen molar-refractivity contribution in [2.75, 3.05) is 5.88 Å². The molecule has 1 aliphatic rings. The molecule has 37 heavy (non-hydrogen) atoms. The number of rotatable bonds is 12. The molecule has 1 aromatic carbocycles. The lowest BCUT2D eigenvalue weighted by molar-refractivity contribution is -0.147. The smallest absolute Gasteiger partial charge is 0.181 e. The van der Waals surface area contributed by atoms with Crippen molar-refractivity contribution in [2.24, 2.45) is 5.92 Å². The van der Waals surface area contributed by atoms with Crippen molar-refractivity contribution in [1.82, 2.24) is 0 Å². The van der Waals surface area contributed by atoms with E-state index in [9.17, 15) is 10.4 Å². The van der Waals surface area contributed by atoms with E-state index in [1.54, 1.807) is 36.4 Å². The maximum Gasteiger partial charge on any atom is 0.181 e. The number of aliphatic hydroxyl groups is 1. The van der Waals surface area contributed by atoms with Crippen LogP contribution in [0.2, 0.25) is 0 Å². The molecule has 1 N–H and O–H groups in total. The summed E-state index contributed by atoms with van der Waals surface area (Å²) in [5.74, 6) is 1.66. The van der Waals surface area contributed by atoms with E-state index >= 15 is 0 Å². The summed E-state index contributed by atoms with van der Waals surface area (Å²) in [5, 5.41) is 29.2. The minimum Gasteiger partial charge on any atom is -0.461 e. The van der Waals surface area contributed by atoms with Crippen LogP contribution in [0.25, 0.3) is 0 Å². The summed E-state index contributed by atoms with van der Waals surface area (Å²) in [6.45, 7) is 10.0. The Hall–Kier alpha value is -3.09. The first-order chi connectivity index (χ1) is 17.8. The van der Waals surface area contributed by atoms with Crippen molar-refractivity contribution in [2.45, 2.75) is 71.7 Å². The van der Waals surface area contributed by atoms with Gasteiger partial charge in [-0.2, -0.15) is 10.5 Å². The Labute approximate surface area is 226 Å². The Morgan fingerprint density at radius 2 is 1.84 bits per heavy atom. The lowest BCUT2D eigenvalue weighted by Crippen LogP contribution is -2.19. The van der Waals surface area contributed by atoms with Crippen molar-refractivity contribution in [1.29, 1.82) is 10.5 Å². The quantitative estimate of drug-likeness (QED) is 0.0992. The number of nitriles is 2. The summed E-state index contributed by atoms with van der Waals surface area (Å²) in [6.07, 6.45) is 11.4. The van der Waals surface area contributed by atoms with Crippen LogP contribution in [0.4, 0.5) is 0 Å². The zero-order chi connectivity index (χ0) is 27.2. The van der Waals surface area contributed by atoms with Crippen LogP contribution in [0.15, 0.2) is 83.2 Å². The molecule has 1 fully saturated rings. The van der Waals surface area contributed by atoms with Gasteiger partial charge in [0.15, 0.2) is 6.29 Å².